The van der Waals surface area contributed by atoms with Gasteiger partial charge in [-0.25, -0.2) is 0 Å². The number of rotatable bonds is 8. The minimum atomic E-state index is -0.683. The van der Waals surface area contributed by atoms with Crippen molar-refractivity contribution in [3.8, 4) is 11.5 Å². The van der Waals surface area contributed by atoms with E-state index >= 15 is 0 Å². The van der Waals surface area contributed by atoms with Gasteiger partial charge in [0, 0.05) is 22.5 Å². The lowest BCUT2D eigenvalue weighted by atomic mass is 10.1. The molecule has 0 fully saturated rings. The van der Waals surface area contributed by atoms with Gasteiger partial charge in [-0.15, -0.1) is 0 Å². The number of ketones is 1. The average Bonchev–Trinajstić information content (AvgIpc) is 3.14. The predicted octanol–water partition coefficient (Wildman–Crippen LogP) is 3.10. The fourth-order valence-electron chi connectivity index (χ4n) is 3.84. The number of Topliss-reactive ketones (excluding diaryl/α,β-unsaturated/α-hetero) is 1. The zero-order valence-electron chi connectivity index (χ0n) is 19.1. The molecule has 8 heteroatoms. The molecule has 0 saturated carbocycles. The van der Waals surface area contributed by atoms with Crippen LogP contribution in [-0.4, -0.2) is 48.1 Å². The van der Waals surface area contributed by atoms with Crippen molar-refractivity contribution in [3.05, 3.63) is 83.2 Å². The maximum atomic E-state index is 12.7. The number of carbonyl (C=O) groups is 3. The van der Waals surface area contributed by atoms with Crippen LogP contribution >= 0.6 is 0 Å². The van der Waals surface area contributed by atoms with Gasteiger partial charge in [0.05, 0.1) is 6.54 Å². The summed E-state index contributed by atoms with van der Waals surface area (Å²) in [7, 11) is 0. The summed E-state index contributed by atoms with van der Waals surface area (Å²) in [4.78, 5) is 36.7. The molecule has 0 spiro atoms. The van der Waals surface area contributed by atoms with E-state index in [9.17, 15) is 14.4 Å². The first-order valence-corrected chi connectivity index (χ1v) is 11.0. The lowest BCUT2D eigenvalue weighted by molar-refractivity contribution is -0.141. The number of amides is 1. The van der Waals surface area contributed by atoms with Crippen LogP contribution in [0.25, 0.3) is 0 Å². The number of esters is 1. The number of nitrogens with one attached hydrogen (secondary N) is 1. The number of para-hydroxylation sites is 2. The lowest BCUT2D eigenvalue weighted by Gasteiger charge is -2.27. The second-order valence-corrected chi connectivity index (χ2v) is 8.03. The van der Waals surface area contributed by atoms with E-state index in [1.165, 1.54) is 0 Å². The van der Waals surface area contributed by atoms with Gasteiger partial charge in [-0.05, 0) is 44.2 Å². The van der Waals surface area contributed by atoms with Crippen LogP contribution in [-0.2, 0) is 16.1 Å². The molecule has 1 aliphatic rings. The molecule has 1 N–H and O–H groups in total. The van der Waals surface area contributed by atoms with E-state index in [1.54, 1.807) is 36.4 Å². The second kappa shape index (κ2) is 10.2. The second-order valence-electron chi connectivity index (χ2n) is 8.03. The molecule has 4 rings (SSSR count). The third-order valence-electron chi connectivity index (χ3n) is 5.62. The Balaban J connectivity index is 1.30. The smallest absolute Gasteiger partial charge is 0.325 e. The molecular weight excluding hydrogens is 436 g/mol. The van der Waals surface area contributed by atoms with Gasteiger partial charge in [0.25, 0.3) is 5.91 Å². The number of aromatic nitrogens is 1. The standard InChI is InChI=1S/C26H26N2O6/c1-17-12-21(18(2)28(17)14-20-15-32-23-10-6-7-11-24(23)34-20)22(29)16-33-25(30)13-27-26(31)19-8-4-3-5-9-19/h3-12,20H,13-16H2,1-2H3,(H,27,31)/t20-/m0/s1. The first-order chi connectivity index (χ1) is 16.4. The predicted molar refractivity (Wildman–Crippen MR) is 124 cm³/mol. The van der Waals surface area contributed by atoms with Crippen molar-refractivity contribution in [1.29, 1.82) is 0 Å². The van der Waals surface area contributed by atoms with E-state index in [0.29, 0.717) is 30.0 Å². The molecule has 1 amide bonds. The molecule has 3 aromatic rings. The zero-order chi connectivity index (χ0) is 24.1. The van der Waals surface area contributed by atoms with Crippen molar-refractivity contribution in [2.75, 3.05) is 19.8 Å². The van der Waals surface area contributed by atoms with E-state index in [2.05, 4.69) is 5.32 Å². The van der Waals surface area contributed by atoms with Gasteiger partial charge in [-0.3, -0.25) is 14.4 Å². The lowest BCUT2D eigenvalue weighted by Crippen LogP contribution is -2.33. The number of carbonyl (C=O) groups excluding carboxylic acids is 3. The Bertz CT molecular complexity index is 1200. The van der Waals surface area contributed by atoms with Gasteiger partial charge >= 0.3 is 5.97 Å². The first kappa shape index (κ1) is 23.1. The van der Waals surface area contributed by atoms with Crippen molar-refractivity contribution in [2.45, 2.75) is 26.5 Å². The number of ether oxygens (including phenoxy) is 3. The highest BCUT2D eigenvalue weighted by Crippen LogP contribution is 2.31. The molecule has 34 heavy (non-hydrogen) atoms. The van der Waals surface area contributed by atoms with Crippen molar-refractivity contribution in [3.63, 3.8) is 0 Å². The Morgan fingerprint density at radius 3 is 2.50 bits per heavy atom. The van der Waals surface area contributed by atoms with E-state index in [0.717, 1.165) is 17.1 Å². The van der Waals surface area contributed by atoms with Crippen LogP contribution in [0, 0.1) is 13.8 Å². The molecule has 2 aromatic carbocycles. The number of hydrogen-bond acceptors (Lipinski definition) is 6. The van der Waals surface area contributed by atoms with Gasteiger partial charge < -0.3 is 24.1 Å². The molecule has 1 aromatic heterocycles. The monoisotopic (exact) mass is 462 g/mol. The Kier molecular flexibility index (Phi) is 6.96. The summed E-state index contributed by atoms with van der Waals surface area (Å²) in [5, 5.41) is 2.48. The largest absolute Gasteiger partial charge is 0.486 e. The molecule has 0 aliphatic carbocycles. The van der Waals surface area contributed by atoms with Gasteiger partial charge in [0.15, 0.2) is 24.2 Å². The normalized spacial score (nSPS) is 14.4. The SMILES string of the molecule is Cc1cc(C(=O)COC(=O)CNC(=O)c2ccccc2)c(C)n1C[C@H]1COc2ccccc2O1. The van der Waals surface area contributed by atoms with Crippen LogP contribution in [0.3, 0.4) is 0 Å². The molecule has 0 bridgehead atoms. The van der Waals surface area contributed by atoms with Gasteiger partial charge in [-0.2, -0.15) is 0 Å². The third kappa shape index (κ3) is 5.28. The summed E-state index contributed by atoms with van der Waals surface area (Å²) in [6, 6.07) is 17.8. The van der Waals surface area contributed by atoms with Crippen molar-refractivity contribution < 1.29 is 28.6 Å². The Hall–Kier alpha value is -4.07. The van der Waals surface area contributed by atoms with E-state index in [1.807, 2.05) is 42.7 Å². The highest BCUT2D eigenvalue weighted by Gasteiger charge is 2.24. The molecule has 8 nitrogen and oxygen atoms in total. The minimum absolute atomic E-state index is 0.200. The third-order valence-corrected chi connectivity index (χ3v) is 5.62. The quantitative estimate of drug-likeness (QED) is 0.408. The first-order valence-electron chi connectivity index (χ1n) is 11.0. The van der Waals surface area contributed by atoms with E-state index < -0.39 is 12.6 Å². The number of aryl methyl sites for hydroxylation is 1. The van der Waals surface area contributed by atoms with Crippen molar-refractivity contribution in [2.24, 2.45) is 0 Å². The van der Waals surface area contributed by atoms with Crippen molar-refractivity contribution in [1.82, 2.24) is 9.88 Å². The zero-order valence-corrected chi connectivity index (χ0v) is 19.1. The van der Waals surface area contributed by atoms with E-state index in [-0.39, 0.29) is 24.3 Å². The molecule has 2 heterocycles. The fourth-order valence-corrected chi connectivity index (χ4v) is 3.84. The Morgan fingerprint density at radius 2 is 1.74 bits per heavy atom. The fraction of sp³-hybridized carbons (Fsp3) is 0.269. The number of fused-ring (bicyclic) bond motifs is 1. The summed E-state index contributed by atoms with van der Waals surface area (Å²) in [6.45, 7) is 3.96. The summed E-state index contributed by atoms with van der Waals surface area (Å²) in [5.74, 6) is 0.0381. The van der Waals surface area contributed by atoms with Crippen LogP contribution in [0.5, 0.6) is 11.5 Å². The van der Waals surface area contributed by atoms with Gasteiger partial charge in [0.2, 0.25) is 5.78 Å². The summed E-state index contributed by atoms with van der Waals surface area (Å²) < 4.78 is 18.9. The van der Waals surface area contributed by atoms with Crippen LogP contribution in [0.15, 0.2) is 60.7 Å². The summed E-state index contributed by atoms with van der Waals surface area (Å²) >= 11 is 0. The highest BCUT2D eigenvalue weighted by atomic mass is 16.6. The van der Waals surface area contributed by atoms with Crippen LogP contribution in [0.2, 0.25) is 0 Å². The average molecular weight is 463 g/mol. The number of nitrogens with zero attached hydrogens (tertiary/aromatic N) is 1. The van der Waals surface area contributed by atoms with Crippen LogP contribution < -0.4 is 14.8 Å². The molecular formula is C26H26N2O6. The number of hydrogen-bond donors (Lipinski definition) is 1. The van der Waals surface area contributed by atoms with Crippen LogP contribution in [0.1, 0.15) is 32.1 Å². The van der Waals surface area contributed by atoms with Gasteiger partial charge in [-0.1, -0.05) is 30.3 Å². The molecule has 0 unspecified atom stereocenters. The van der Waals surface area contributed by atoms with Crippen LogP contribution in [0.4, 0.5) is 0 Å². The number of benzene rings is 2. The van der Waals surface area contributed by atoms with E-state index in [4.69, 9.17) is 14.2 Å². The van der Waals surface area contributed by atoms with Crippen molar-refractivity contribution >= 4 is 17.7 Å². The minimum Gasteiger partial charge on any atom is -0.486 e. The molecule has 0 radical (unpaired) electrons. The highest BCUT2D eigenvalue weighted by molar-refractivity contribution is 6.00. The molecule has 1 atom stereocenters. The topological polar surface area (TPSA) is 95.9 Å². The summed E-state index contributed by atoms with van der Waals surface area (Å²) in [6.07, 6.45) is -0.200. The maximum Gasteiger partial charge on any atom is 0.325 e. The maximum absolute atomic E-state index is 12.7. The molecule has 1 aliphatic heterocycles. The molecule has 176 valence electrons. The molecule has 0 saturated heterocycles. The summed E-state index contributed by atoms with van der Waals surface area (Å²) in [5.41, 5.74) is 2.58. The Morgan fingerprint density at radius 1 is 1.03 bits per heavy atom. The van der Waals surface area contributed by atoms with Gasteiger partial charge in [0.1, 0.15) is 13.2 Å². The Labute approximate surface area is 197 Å².